The molecule has 0 unspecified atom stereocenters. The average molecular weight is 519 g/mol. The SMILES string of the molecule is Cc1cc(F)cc(-c2nccc3[nH]c(-c4n[nH]c5ncc(-c6cncc(CN7CCCCC7)c6)cc45)nc23)c1. The van der Waals surface area contributed by atoms with Gasteiger partial charge < -0.3 is 4.98 Å². The predicted molar refractivity (Wildman–Crippen MR) is 149 cm³/mol. The number of fused-ring (bicyclic) bond motifs is 2. The number of aromatic nitrogens is 7. The lowest BCUT2D eigenvalue weighted by Gasteiger charge is -2.26. The number of rotatable bonds is 5. The van der Waals surface area contributed by atoms with E-state index < -0.39 is 0 Å². The summed E-state index contributed by atoms with van der Waals surface area (Å²) in [6.07, 6.45) is 11.2. The van der Waals surface area contributed by atoms with E-state index in [4.69, 9.17) is 4.98 Å². The summed E-state index contributed by atoms with van der Waals surface area (Å²) in [6.45, 7) is 5.06. The second-order valence-corrected chi connectivity index (χ2v) is 10.3. The maximum Gasteiger partial charge on any atom is 0.159 e. The van der Waals surface area contributed by atoms with E-state index in [0.717, 1.165) is 47.2 Å². The molecule has 8 nitrogen and oxygen atoms in total. The van der Waals surface area contributed by atoms with Gasteiger partial charge >= 0.3 is 0 Å². The highest BCUT2D eigenvalue weighted by atomic mass is 19.1. The van der Waals surface area contributed by atoms with Crippen LogP contribution in [0.25, 0.3) is 56.0 Å². The zero-order valence-corrected chi connectivity index (χ0v) is 21.6. The molecule has 0 bridgehead atoms. The van der Waals surface area contributed by atoms with Gasteiger partial charge in [-0.15, -0.1) is 0 Å². The molecular formula is C30H27FN8. The fourth-order valence-corrected chi connectivity index (χ4v) is 5.48. The number of hydrogen-bond donors (Lipinski definition) is 2. The summed E-state index contributed by atoms with van der Waals surface area (Å²) in [5.74, 6) is 0.292. The minimum atomic E-state index is -0.300. The molecule has 1 saturated heterocycles. The number of aromatic amines is 2. The molecule has 1 aliphatic heterocycles. The van der Waals surface area contributed by atoms with E-state index in [1.165, 1.54) is 37.0 Å². The maximum atomic E-state index is 14.2. The maximum absolute atomic E-state index is 14.2. The van der Waals surface area contributed by atoms with Crippen LogP contribution in [0.2, 0.25) is 0 Å². The highest BCUT2D eigenvalue weighted by Gasteiger charge is 2.18. The summed E-state index contributed by atoms with van der Waals surface area (Å²) < 4.78 is 14.2. The normalized spacial score (nSPS) is 14.4. The number of halogens is 1. The molecular weight excluding hydrogens is 491 g/mol. The van der Waals surface area contributed by atoms with Gasteiger partial charge in [-0.05, 0) is 80.4 Å². The van der Waals surface area contributed by atoms with Crippen molar-refractivity contribution in [3.8, 4) is 33.9 Å². The molecule has 7 rings (SSSR count). The number of nitrogens with one attached hydrogen (secondary N) is 2. The molecule has 6 heterocycles. The second-order valence-electron chi connectivity index (χ2n) is 10.3. The topological polar surface area (TPSA) is 99.3 Å². The number of aryl methyl sites for hydroxylation is 1. The van der Waals surface area contributed by atoms with Gasteiger partial charge in [-0.2, -0.15) is 5.10 Å². The molecule has 1 fully saturated rings. The largest absolute Gasteiger partial charge is 0.336 e. The third-order valence-electron chi connectivity index (χ3n) is 7.34. The molecule has 0 atom stereocenters. The molecule has 194 valence electrons. The molecule has 1 aromatic carbocycles. The van der Waals surface area contributed by atoms with E-state index >= 15 is 0 Å². The Hall–Kier alpha value is -4.50. The van der Waals surface area contributed by atoms with E-state index in [1.807, 2.05) is 37.6 Å². The lowest BCUT2D eigenvalue weighted by atomic mass is 10.1. The first-order valence-corrected chi connectivity index (χ1v) is 13.2. The fourth-order valence-electron chi connectivity index (χ4n) is 5.48. The van der Waals surface area contributed by atoms with Crippen LogP contribution in [-0.2, 0) is 6.54 Å². The highest BCUT2D eigenvalue weighted by Crippen LogP contribution is 2.32. The van der Waals surface area contributed by atoms with Gasteiger partial charge in [0, 0.05) is 48.0 Å². The number of imidazole rings is 1. The van der Waals surface area contributed by atoms with E-state index in [1.54, 1.807) is 6.20 Å². The number of piperidine rings is 1. The van der Waals surface area contributed by atoms with Crippen LogP contribution in [0.5, 0.6) is 0 Å². The van der Waals surface area contributed by atoms with Crippen LogP contribution in [0.15, 0.2) is 61.2 Å². The molecule has 2 N–H and O–H groups in total. The molecule has 9 heteroatoms. The number of benzene rings is 1. The molecule has 5 aromatic heterocycles. The molecule has 0 aliphatic carbocycles. The van der Waals surface area contributed by atoms with E-state index in [2.05, 4.69) is 47.2 Å². The van der Waals surface area contributed by atoms with Crippen molar-refractivity contribution in [2.24, 2.45) is 0 Å². The summed E-state index contributed by atoms with van der Waals surface area (Å²) >= 11 is 0. The third kappa shape index (κ3) is 4.55. The first-order valence-electron chi connectivity index (χ1n) is 13.2. The lowest BCUT2D eigenvalue weighted by Crippen LogP contribution is -2.29. The summed E-state index contributed by atoms with van der Waals surface area (Å²) in [5.41, 5.74) is 8.10. The van der Waals surface area contributed by atoms with E-state index in [-0.39, 0.29) is 5.82 Å². The molecule has 0 amide bonds. The van der Waals surface area contributed by atoms with Gasteiger partial charge in [-0.1, -0.05) is 6.42 Å². The Kier molecular flexibility index (Phi) is 5.85. The Bertz CT molecular complexity index is 1800. The average Bonchev–Trinajstić information content (AvgIpc) is 3.57. The van der Waals surface area contributed by atoms with Gasteiger partial charge in [0.1, 0.15) is 17.0 Å². The molecule has 0 spiro atoms. The van der Waals surface area contributed by atoms with Crippen LogP contribution in [0.1, 0.15) is 30.4 Å². The van der Waals surface area contributed by atoms with Gasteiger partial charge in [0.15, 0.2) is 11.5 Å². The molecule has 39 heavy (non-hydrogen) atoms. The number of pyridine rings is 3. The summed E-state index contributed by atoms with van der Waals surface area (Å²) in [5, 5.41) is 8.42. The minimum absolute atomic E-state index is 0.300. The lowest BCUT2D eigenvalue weighted by molar-refractivity contribution is 0.220. The summed E-state index contributed by atoms with van der Waals surface area (Å²) in [6, 6.07) is 11.0. The Morgan fingerprint density at radius 2 is 1.77 bits per heavy atom. The zero-order chi connectivity index (χ0) is 26.3. The van der Waals surface area contributed by atoms with Gasteiger partial charge in [-0.3, -0.25) is 20.0 Å². The van der Waals surface area contributed by atoms with E-state index in [0.29, 0.717) is 33.9 Å². The molecule has 1 aliphatic rings. The molecule has 0 radical (unpaired) electrons. The van der Waals surface area contributed by atoms with Crippen LogP contribution in [0.4, 0.5) is 4.39 Å². The third-order valence-corrected chi connectivity index (χ3v) is 7.34. The number of nitrogens with zero attached hydrogens (tertiary/aromatic N) is 6. The van der Waals surface area contributed by atoms with Crippen molar-refractivity contribution in [3.05, 3.63) is 78.1 Å². The predicted octanol–water partition coefficient (Wildman–Crippen LogP) is 6.06. The smallest absolute Gasteiger partial charge is 0.159 e. The summed E-state index contributed by atoms with van der Waals surface area (Å²) in [7, 11) is 0. The Balaban J connectivity index is 1.26. The van der Waals surface area contributed by atoms with Gasteiger partial charge in [0.05, 0.1) is 16.6 Å². The molecule has 0 saturated carbocycles. The monoisotopic (exact) mass is 518 g/mol. The van der Waals surface area contributed by atoms with Crippen molar-refractivity contribution < 1.29 is 4.39 Å². The van der Waals surface area contributed by atoms with Crippen LogP contribution >= 0.6 is 0 Å². The van der Waals surface area contributed by atoms with Crippen molar-refractivity contribution in [1.82, 2.24) is 40.0 Å². The van der Waals surface area contributed by atoms with Crippen molar-refractivity contribution >= 4 is 22.1 Å². The van der Waals surface area contributed by atoms with E-state index in [9.17, 15) is 4.39 Å². The number of hydrogen-bond acceptors (Lipinski definition) is 6. The number of likely N-dealkylation sites (tertiary alicyclic amines) is 1. The Labute approximate surface area is 224 Å². The van der Waals surface area contributed by atoms with Crippen molar-refractivity contribution in [3.63, 3.8) is 0 Å². The van der Waals surface area contributed by atoms with Gasteiger partial charge in [0.25, 0.3) is 0 Å². The first-order chi connectivity index (χ1) is 19.1. The number of H-pyrrole nitrogens is 2. The standard InChI is InChI=1S/C30H27FN8/c1-18-9-20(12-23(31)10-18)26-28-25(5-6-33-26)35-30(36-28)27-24-13-22(16-34-29(24)38-37-27)21-11-19(14-32-15-21)17-39-7-3-2-4-8-39/h5-6,9-16H,2-4,7-8,17H2,1H3,(H,35,36)(H,34,37,38). The van der Waals surface area contributed by atoms with Crippen molar-refractivity contribution in [1.29, 1.82) is 0 Å². The van der Waals surface area contributed by atoms with Gasteiger partial charge in [-0.25, -0.2) is 14.4 Å². The first kappa shape index (κ1) is 23.6. The van der Waals surface area contributed by atoms with Crippen LogP contribution in [-0.4, -0.2) is 53.1 Å². The minimum Gasteiger partial charge on any atom is -0.336 e. The second kappa shape index (κ2) is 9.67. The van der Waals surface area contributed by atoms with Crippen LogP contribution in [0.3, 0.4) is 0 Å². The van der Waals surface area contributed by atoms with Crippen molar-refractivity contribution in [2.45, 2.75) is 32.7 Å². The Morgan fingerprint density at radius 3 is 2.64 bits per heavy atom. The van der Waals surface area contributed by atoms with Crippen molar-refractivity contribution in [2.75, 3.05) is 13.1 Å². The van der Waals surface area contributed by atoms with Crippen LogP contribution in [0, 0.1) is 12.7 Å². The van der Waals surface area contributed by atoms with Crippen LogP contribution < -0.4 is 0 Å². The quantitative estimate of drug-likeness (QED) is 0.288. The Morgan fingerprint density at radius 1 is 0.897 bits per heavy atom. The zero-order valence-electron chi connectivity index (χ0n) is 21.6. The fraction of sp³-hybridized carbons (Fsp3) is 0.233. The van der Waals surface area contributed by atoms with Gasteiger partial charge in [0.2, 0.25) is 0 Å². The highest BCUT2D eigenvalue weighted by molar-refractivity contribution is 5.96. The summed E-state index contributed by atoms with van der Waals surface area (Å²) in [4.78, 5) is 24.4. The molecule has 6 aromatic rings.